The van der Waals surface area contributed by atoms with Crippen LogP contribution in [0.2, 0.25) is 0 Å². The van der Waals surface area contributed by atoms with Crippen molar-refractivity contribution in [1.82, 2.24) is 9.71 Å². The number of amides is 1. The molecule has 3 rings (SSSR count). The fraction of sp³-hybridized carbons (Fsp3) is 0.111. The van der Waals surface area contributed by atoms with Crippen LogP contribution in [0.5, 0.6) is 0 Å². The summed E-state index contributed by atoms with van der Waals surface area (Å²) in [4.78, 5) is 16.8. The molecule has 0 radical (unpaired) electrons. The van der Waals surface area contributed by atoms with Crippen molar-refractivity contribution in [3.05, 3.63) is 76.2 Å². The fourth-order valence-electron chi connectivity index (χ4n) is 2.38. The first-order valence-electron chi connectivity index (χ1n) is 7.97. The minimum atomic E-state index is -3.84. The van der Waals surface area contributed by atoms with E-state index in [9.17, 15) is 13.2 Å². The minimum Gasteiger partial charge on any atom is -0.309 e. The molecule has 0 aliphatic heterocycles. The molecule has 0 aliphatic carbocycles. The van der Waals surface area contributed by atoms with Crippen LogP contribution in [0, 0.1) is 0 Å². The Kier molecular flexibility index (Phi) is 6.38. The second-order valence-electron chi connectivity index (χ2n) is 5.63. The van der Waals surface area contributed by atoms with Gasteiger partial charge in [-0.05, 0) is 52.2 Å². The Hall–Kier alpha value is -2.07. The van der Waals surface area contributed by atoms with E-state index in [0.717, 1.165) is 16.9 Å². The highest BCUT2D eigenvalue weighted by Crippen LogP contribution is 2.26. The molecule has 9 heteroatoms. The summed E-state index contributed by atoms with van der Waals surface area (Å²) in [5.74, 6) is -0.115. The standard InChI is InChI=1S/C18H16BrN3O3S2/c19-15-9-10-17(26-15)27(24,25)22-14(12-13-6-2-1-3-7-13)18(23)21-16-8-4-5-11-20-16/h1-11,14,22H,12H2,(H,20,21,23)/t14-/m1/s1. The van der Waals surface area contributed by atoms with Crippen molar-refractivity contribution >= 4 is 49.0 Å². The van der Waals surface area contributed by atoms with E-state index in [4.69, 9.17) is 0 Å². The molecule has 0 fully saturated rings. The van der Waals surface area contributed by atoms with Gasteiger partial charge in [0.25, 0.3) is 10.0 Å². The number of rotatable bonds is 7. The predicted octanol–water partition coefficient (Wildman–Crippen LogP) is 3.43. The van der Waals surface area contributed by atoms with Gasteiger partial charge in [-0.2, -0.15) is 4.72 Å². The number of aromatic nitrogens is 1. The number of carbonyl (C=O) groups is 1. The summed E-state index contributed by atoms with van der Waals surface area (Å²) in [6.45, 7) is 0. The van der Waals surface area contributed by atoms with Crippen LogP contribution in [-0.2, 0) is 21.2 Å². The number of hydrogen-bond donors (Lipinski definition) is 2. The van der Waals surface area contributed by atoms with E-state index in [0.29, 0.717) is 9.60 Å². The third-order valence-corrected chi connectivity index (χ3v) is 7.21. The highest BCUT2D eigenvalue weighted by atomic mass is 79.9. The van der Waals surface area contributed by atoms with Crippen molar-refractivity contribution in [2.45, 2.75) is 16.7 Å². The topological polar surface area (TPSA) is 88.2 Å². The number of sulfonamides is 1. The summed E-state index contributed by atoms with van der Waals surface area (Å²) < 4.78 is 28.7. The van der Waals surface area contributed by atoms with Crippen LogP contribution in [0.3, 0.4) is 0 Å². The van der Waals surface area contributed by atoms with Crippen LogP contribution < -0.4 is 10.0 Å². The third kappa shape index (κ3) is 5.46. The van der Waals surface area contributed by atoms with Crippen LogP contribution in [0.25, 0.3) is 0 Å². The van der Waals surface area contributed by atoms with Gasteiger partial charge in [0.05, 0.1) is 3.79 Å². The van der Waals surface area contributed by atoms with Gasteiger partial charge in [0.2, 0.25) is 5.91 Å². The first kappa shape index (κ1) is 19.7. The van der Waals surface area contributed by atoms with Gasteiger partial charge in [-0.1, -0.05) is 36.4 Å². The highest BCUT2D eigenvalue weighted by Gasteiger charge is 2.27. The van der Waals surface area contributed by atoms with Gasteiger partial charge in [-0.25, -0.2) is 13.4 Å². The Labute approximate surface area is 169 Å². The predicted molar refractivity (Wildman–Crippen MR) is 109 cm³/mol. The van der Waals surface area contributed by atoms with E-state index >= 15 is 0 Å². The molecule has 1 aromatic carbocycles. The van der Waals surface area contributed by atoms with Crippen molar-refractivity contribution in [2.75, 3.05) is 5.32 Å². The number of thiophene rings is 1. The number of nitrogens with one attached hydrogen (secondary N) is 2. The van der Waals surface area contributed by atoms with Crippen molar-refractivity contribution < 1.29 is 13.2 Å². The van der Waals surface area contributed by atoms with Gasteiger partial charge in [0.15, 0.2) is 0 Å². The molecular formula is C18H16BrN3O3S2. The lowest BCUT2D eigenvalue weighted by Crippen LogP contribution is -2.45. The number of anilines is 1. The number of halogens is 1. The number of pyridine rings is 1. The van der Waals surface area contributed by atoms with Crippen LogP contribution in [0.4, 0.5) is 5.82 Å². The highest BCUT2D eigenvalue weighted by molar-refractivity contribution is 9.11. The van der Waals surface area contributed by atoms with Gasteiger partial charge in [0.1, 0.15) is 16.1 Å². The Morgan fingerprint density at radius 1 is 1.07 bits per heavy atom. The number of nitrogens with zero attached hydrogens (tertiary/aromatic N) is 1. The zero-order valence-corrected chi connectivity index (χ0v) is 17.2. The van der Waals surface area contributed by atoms with E-state index in [-0.39, 0.29) is 10.6 Å². The van der Waals surface area contributed by atoms with Crippen molar-refractivity contribution in [3.63, 3.8) is 0 Å². The summed E-state index contributed by atoms with van der Waals surface area (Å²) >= 11 is 4.34. The lowest BCUT2D eigenvalue weighted by Gasteiger charge is -2.18. The maximum Gasteiger partial charge on any atom is 0.250 e. The molecule has 0 unspecified atom stereocenters. The molecule has 1 amide bonds. The number of benzene rings is 1. The average molecular weight is 466 g/mol. The lowest BCUT2D eigenvalue weighted by atomic mass is 10.1. The fourth-order valence-corrected chi connectivity index (χ4v) is 5.60. The zero-order valence-electron chi connectivity index (χ0n) is 14.0. The van der Waals surface area contributed by atoms with E-state index in [1.807, 2.05) is 30.3 Å². The second-order valence-corrected chi connectivity index (χ2v) is 10.0. The number of carbonyl (C=O) groups excluding carboxylic acids is 1. The molecule has 0 bridgehead atoms. The van der Waals surface area contributed by atoms with Crippen LogP contribution in [-0.4, -0.2) is 25.4 Å². The van der Waals surface area contributed by atoms with Crippen molar-refractivity contribution in [1.29, 1.82) is 0 Å². The van der Waals surface area contributed by atoms with Gasteiger partial charge < -0.3 is 5.32 Å². The quantitative estimate of drug-likeness (QED) is 0.559. The van der Waals surface area contributed by atoms with E-state index < -0.39 is 22.0 Å². The normalized spacial score (nSPS) is 12.5. The Morgan fingerprint density at radius 3 is 2.44 bits per heavy atom. The molecule has 3 aromatic rings. The van der Waals surface area contributed by atoms with Crippen molar-refractivity contribution in [2.24, 2.45) is 0 Å². The molecule has 2 N–H and O–H groups in total. The molecule has 140 valence electrons. The van der Waals surface area contributed by atoms with Gasteiger partial charge >= 0.3 is 0 Å². The Morgan fingerprint density at radius 2 is 1.81 bits per heavy atom. The second kappa shape index (κ2) is 8.75. The molecular weight excluding hydrogens is 450 g/mol. The minimum absolute atomic E-state index is 0.137. The van der Waals surface area contributed by atoms with Gasteiger partial charge in [0, 0.05) is 6.20 Å². The summed E-state index contributed by atoms with van der Waals surface area (Å²) in [5.41, 5.74) is 0.841. The molecule has 0 spiro atoms. The summed E-state index contributed by atoms with van der Waals surface area (Å²) in [7, 11) is -3.84. The molecule has 6 nitrogen and oxygen atoms in total. The van der Waals surface area contributed by atoms with Crippen molar-refractivity contribution in [3.8, 4) is 0 Å². The molecule has 2 heterocycles. The Balaban J connectivity index is 1.84. The van der Waals surface area contributed by atoms with Crippen LogP contribution in [0.1, 0.15) is 5.56 Å². The first-order valence-corrected chi connectivity index (χ1v) is 11.1. The van der Waals surface area contributed by atoms with Gasteiger partial charge in [-0.15, -0.1) is 11.3 Å². The number of hydrogen-bond acceptors (Lipinski definition) is 5. The zero-order chi connectivity index (χ0) is 19.3. The molecule has 0 saturated heterocycles. The maximum absolute atomic E-state index is 12.7. The van der Waals surface area contributed by atoms with Crippen LogP contribution >= 0.6 is 27.3 Å². The molecule has 2 aromatic heterocycles. The molecule has 0 saturated carbocycles. The summed E-state index contributed by atoms with van der Waals surface area (Å²) in [5, 5.41) is 2.66. The lowest BCUT2D eigenvalue weighted by molar-refractivity contribution is -0.117. The monoisotopic (exact) mass is 465 g/mol. The van der Waals surface area contributed by atoms with Crippen LogP contribution in [0.15, 0.2) is 74.9 Å². The molecule has 0 aliphatic rings. The largest absolute Gasteiger partial charge is 0.309 e. The average Bonchev–Trinajstić information content (AvgIpc) is 3.10. The smallest absolute Gasteiger partial charge is 0.250 e. The van der Waals surface area contributed by atoms with E-state index in [2.05, 4.69) is 31.0 Å². The summed E-state index contributed by atoms with van der Waals surface area (Å²) in [6, 6.07) is 16.5. The van der Waals surface area contributed by atoms with Gasteiger partial charge in [-0.3, -0.25) is 4.79 Å². The third-order valence-electron chi connectivity index (χ3n) is 3.63. The first-order chi connectivity index (χ1) is 12.9. The molecule has 1 atom stereocenters. The molecule has 27 heavy (non-hydrogen) atoms. The SMILES string of the molecule is O=C(Nc1ccccn1)[C@@H](Cc1ccccc1)NS(=O)(=O)c1ccc(Br)s1. The van der Waals surface area contributed by atoms with E-state index in [1.54, 1.807) is 30.5 Å². The Bertz CT molecular complexity index is 1010. The maximum atomic E-state index is 12.7. The summed E-state index contributed by atoms with van der Waals surface area (Å²) in [6.07, 6.45) is 1.76. The van der Waals surface area contributed by atoms with E-state index in [1.165, 1.54) is 6.07 Å².